The summed E-state index contributed by atoms with van der Waals surface area (Å²) in [4.78, 5) is 40.0. The summed E-state index contributed by atoms with van der Waals surface area (Å²) in [5.41, 5.74) is 2.95. The molecule has 2 aromatic carbocycles. The third-order valence-electron chi connectivity index (χ3n) is 5.65. The first-order chi connectivity index (χ1) is 16.7. The lowest BCUT2D eigenvalue weighted by atomic mass is 9.94. The van der Waals surface area contributed by atoms with Crippen molar-refractivity contribution in [2.45, 2.75) is 45.5 Å². The molecule has 3 amide bonds. The molecule has 7 nitrogen and oxygen atoms in total. The monoisotopic (exact) mass is 497 g/mol. The van der Waals surface area contributed by atoms with Crippen LogP contribution in [0.25, 0.3) is 0 Å². The Morgan fingerprint density at radius 1 is 1.11 bits per heavy atom. The second kappa shape index (κ2) is 11.9. The van der Waals surface area contributed by atoms with E-state index in [9.17, 15) is 14.4 Å². The van der Waals surface area contributed by atoms with Crippen LogP contribution in [0.5, 0.6) is 0 Å². The normalized spacial score (nSPS) is 16.7. The number of benzene rings is 2. The minimum absolute atomic E-state index is 0.188. The van der Waals surface area contributed by atoms with E-state index in [4.69, 9.17) is 16.3 Å². The Hall–Kier alpha value is -3.32. The Kier molecular flexibility index (Phi) is 8.93. The maximum absolute atomic E-state index is 13.0. The molecule has 0 saturated heterocycles. The zero-order chi connectivity index (χ0) is 25.5. The number of allylic oxidation sites excluding steroid dienone is 1. The fourth-order valence-corrected chi connectivity index (χ4v) is 4.05. The standard InChI is InChI=1S/C27H32ClN3O4/c1-5-15-31-18(4)22(26(33)35-16-17(2)3)24(30-27(31)34)20-11-13-21(14-12-20)29-25(32)23(28)19-9-7-6-8-10-19/h6-14,17,23-24H,5,15-16H2,1-4H3,(H,29,32)(H,30,34). The maximum atomic E-state index is 13.0. The first-order valence-corrected chi connectivity index (χ1v) is 12.2. The molecule has 2 unspecified atom stereocenters. The van der Waals surface area contributed by atoms with Crippen LogP contribution in [-0.4, -0.2) is 36.0 Å². The van der Waals surface area contributed by atoms with E-state index in [0.29, 0.717) is 34.6 Å². The number of nitrogens with zero attached hydrogens (tertiary/aromatic N) is 1. The minimum Gasteiger partial charge on any atom is -0.462 e. The third-order valence-corrected chi connectivity index (χ3v) is 6.10. The van der Waals surface area contributed by atoms with Crippen LogP contribution in [0, 0.1) is 5.92 Å². The number of amides is 3. The summed E-state index contributed by atoms with van der Waals surface area (Å²) in [7, 11) is 0. The Labute approximate surface area is 211 Å². The first-order valence-electron chi connectivity index (χ1n) is 11.8. The third kappa shape index (κ3) is 6.42. The molecule has 0 spiro atoms. The minimum atomic E-state index is -0.828. The van der Waals surface area contributed by atoms with Gasteiger partial charge in [-0.1, -0.05) is 63.2 Å². The molecule has 2 aromatic rings. The molecule has 0 saturated carbocycles. The molecule has 0 aliphatic carbocycles. The maximum Gasteiger partial charge on any atom is 0.338 e. The van der Waals surface area contributed by atoms with Crippen LogP contribution < -0.4 is 10.6 Å². The molecule has 3 rings (SSSR count). The number of esters is 1. The van der Waals surface area contributed by atoms with Gasteiger partial charge in [0.15, 0.2) is 0 Å². The van der Waals surface area contributed by atoms with Gasteiger partial charge in [-0.15, -0.1) is 11.6 Å². The van der Waals surface area contributed by atoms with E-state index in [2.05, 4.69) is 10.6 Å². The summed E-state index contributed by atoms with van der Waals surface area (Å²) in [6.07, 6.45) is 0.753. The van der Waals surface area contributed by atoms with Crippen molar-refractivity contribution in [2.75, 3.05) is 18.5 Å². The summed E-state index contributed by atoms with van der Waals surface area (Å²) >= 11 is 6.32. The van der Waals surface area contributed by atoms with E-state index < -0.39 is 17.4 Å². The van der Waals surface area contributed by atoms with Crippen LogP contribution in [0.2, 0.25) is 0 Å². The SMILES string of the molecule is CCCN1C(=O)NC(c2ccc(NC(=O)C(Cl)c3ccccc3)cc2)C(C(=O)OCC(C)C)=C1C. The zero-order valence-electron chi connectivity index (χ0n) is 20.5. The van der Waals surface area contributed by atoms with Crippen LogP contribution in [0.4, 0.5) is 10.5 Å². The fraction of sp³-hybridized carbons (Fsp3) is 0.370. The zero-order valence-corrected chi connectivity index (χ0v) is 21.3. The largest absolute Gasteiger partial charge is 0.462 e. The molecule has 0 radical (unpaired) electrons. The number of halogens is 1. The van der Waals surface area contributed by atoms with Crippen molar-refractivity contribution in [3.05, 3.63) is 77.0 Å². The van der Waals surface area contributed by atoms with E-state index >= 15 is 0 Å². The lowest BCUT2D eigenvalue weighted by Gasteiger charge is -2.35. The molecule has 0 bridgehead atoms. The highest BCUT2D eigenvalue weighted by Gasteiger charge is 2.36. The second-order valence-corrected chi connectivity index (χ2v) is 9.35. The first kappa shape index (κ1) is 26.3. The van der Waals surface area contributed by atoms with Gasteiger partial charge in [0, 0.05) is 17.9 Å². The summed E-state index contributed by atoms with van der Waals surface area (Å²) in [5.74, 6) is -0.610. The van der Waals surface area contributed by atoms with Crippen molar-refractivity contribution in [1.82, 2.24) is 10.2 Å². The van der Waals surface area contributed by atoms with Gasteiger partial charge in [-0.05, 0) is 42.5 Å². The number of anilines is 1. The average Bonchev–Trinajstić information content (AvgIpc) is 2.85. The van der Waals surface area contributed by atoms with Crippen molar-refractivity contribution in [3.8, 4) is 0 Å². The van der Waals surface area contributed by atoms with Crippen LogP contribution in [0.1, 0.15) is 56.7 Å². The number of ether oxygens (including phenoxy) is 1. The molecular formula is C27H32ClN3O4. The summed E-state index contributed by atoms with van der Waals surface area (Å²) in [5, 5.41) is 4.92. The molecule has 2 atom stereocenters. The van der Waals surface area contributed by atoms with Gasteiger partial charge < -0.3 is 15.4 Å². The number of carbonyl (C=O) groups is 3. The van der Waals surface area contributed by atoms with Crippen molar-refractivity contribution in [2.24, 2.45) is 5.92 Å². The quantitative estimate of drug-likeness (QED) is 0.351. The summed E-state index contributed by atoms with van der Waals surface area (Å²) in [6, 6.07) is 15.2. The van der Waals surface area contributed by atoms with E-state index in [0.717, 1.165) is 6.42 Å². The van der Waals surface area contributed by atoms with E-state index in [-0.39, 0.29) is 24.5 Å². The van der Waals surface area contributed by atoms with Gasteiger partial charge >= 0.3 is 12.0 Å². The number of hydrogen-bond donors (Lipinski definition) is 2. The molecule has 1 heterocycles. The number of rotatable bonds is 9. The fourth-order valence-electron chi connectivity index (χ4n) is 3.85. The lowest BCUT2D eigenvalue weighted by Crippen LogP contribution is -2.48. The van der Waals surface area contributed by atoms with Gasteiger partial charge in [-0.2, -0.15) is 0 Å². The highest BCUT2D eigenvalue weighted by Crippen LogP contribution is 2.32. The molecule has 0 fully saturated rings. The molecule has 35 heavy (non-hydrogen) atoms. The number of alkyl halides is 1. The number of hydrogen-bond acceptors (Lipinski definition) is 4. The Morgan fingerprint density at radius 2 is 1.77 bits per heavy atom. The van der Waals surface area contributed by atoms with Crippen molar-refractivity contribution in [3.63, 3.8) is 0 Å². The Bertz CT molecular complexity index is 1080. The molecule has 1 aliphatic heterocycles. The van der Waals surface area contributed by atoms with Gasteiger partial charge in [0.05, 0.1) is 18.2 Å². The van der Waals surface area contributed by atoms with Crippen LogP contribution in [-0.2, 0) is 14.3 Å². The molecule has 2 N–H and O–H groups in total. The van der Waals surface area contributed by atoms with Crippen LogP contribution >= 0.6 is 11.6 Å². The van der Waals surface area contributed by atoms with Gasteiger partial charge in [0.2, 0.25) is 5.91 Å². The summed E-state index contributed by atoms with van der Waals surface area (Å²) in [6.45, 7) is 8.46. The summed E-state index contributed by atoms with van der Waals surface area (Å²) < 4.78 is 5.53. The molecular weight excluding hydrogens is 466 g/mol. The topological polar surface area (TPSA) is 87.7 Å². The van der Waals surface area contributed by atoms with Crippen molar-refractivity contribution < 1.29 is 19.1 Å². The van der Waals surface area contributed by atoms with Crippen molar-refractivity contribution >= 4 is 35.2 Å². The average molecular weight is 498 g/mol. The van der Waals surface area contributed by atoms with E-state index in [1.807, 2.05) is 39.0 Å². The molecule has 1 aliphatic rings. The predicted octanol–water partition coefficient (Wildman–Crippen LogP) is 5.55. The van der Waals surface area contributed by atoms with Crippen molar-refractivity contribution in [1.29, 1.82) is 0 Å². The number of urea groups is 1. The van der Waals surface area contributed by atoms with Gasteiger partial charge in [0.25, 0.3) is 0 Å². The Balaban J connectivity index is 1.83. The molecule has 186 valence electrons. The molecule has 8 heteroatoms. The van der Waals surface area contributed by atoms with Gasteiger partial charge in [-0.3, -0.25) is 9.69 Å². The van der Waals surface area contributed by atoms with E-state index in [1.165, 1.54) is 0 Å². The van der Waals surface area contributed by atoms with Crippen LogP contribution in [0.15, 0.2) is 65.9 Å². The Morgan fingerprint density at radius 3 is 2.37 bits per heavy atom. The number of carbonyl (C=O) groups excluding carboxylic acids is 3. The highest BCUT2D eigenvalue weighted by molar-refractivity contribution is 6.32. The van der Waals surface area contributed by atoms with Gasteiger partial charge in [0.1, 0.15) is 5.38 Å². The number of nitrogens with one attached hydrogen (secondary N) is 2. The smallest absolute Gasteiger partial charge is 0.338 e. The van der Waals surface area contributed by atoms with Crippen LogP contribution in [0.3, 0.4) is 0 Å². The molecule has 0 aromatic heterocycles. The van der Waals surface area contributed by atoms with Gasteiger partial charge in [-0.25, -0.2) is 9.59 Å². The van der Waals surface area contributed by atoms with E-state index in [1.54, 1.807) is 48.2 Å². The lowest BCUT2D eigenvalue weighted by molar-refractivity contribution is -0.140. The second-order valence-electron chi connectivity index (χ2n) is 8.91. The highest BCUT2D eigenvalue weighted by atomic mass is 35.5. The predicted molar refractivity (Wildman–Crippen MR) is 137 cm³/mol.